The third kappa shape index (κ3) is 3.39. The van der Waals surface area contributed by atoms with Crippen LogP contribution in [0.5, 0.6) is 5.75 Å². The van der Waals surface area contributed by atoms with Crippen molar-refractivity contribution < 1.29 is 9.53 Å². The molecule has 0 N–H and O–H groups in total. The Kier molecular flexibility index (Phi) is 4.47. The van der Waals surface area contributed by atoms with Crippen LogP contribution in [0.15, 0.2) is 24.3 Å². The Morgan fingerprint density at radius 2 is 2.00 bits per heavy atom. The molecule has 1 aliphatic carbocycles. The summed E-state index contributed by atoms with van der Waals surface area (Å²) in [4.78, 5) is 14.5. The first-order chi connectivity index (χ1) is 10.2. The van der Waals surface area contributed by atoms with Gasteiger partial charge in [0.15, 0.2) is 0 Å². The molecule has 1 amide bonds. The van der Waals surface area contributed by atoms with E-state index >= 15 is 0 Å². The van der Waals surface area contributed by atoms with E-state index in [-0.39, 0.29) is 12.0 Å². The fraction of sp³-hybridized carbons (Fsp3) is 0.611. The summed E-state index contributed by atoms with van der Waals surface area (Å²) in [5, 5.41) is 0. The topological polar surface area (TPSA) is 29.5 Å². The Morgan fingerprint density at radius 1 is 1.24 bits per heavy atom. The molecule has 0 radical (unpaired) electrons. The molecule has 0 bridgehead atoms. The second-order valence-corrected chi connectivity index (χ2v) is 6.44. The second-order valence-electron chi connectivity index (χ2n) is 6.44. The fourth-order valence-corrected chi connectivity index (χ4v) is 3.56. The first-order valence-electron chi connectivity index (χ1n) is 8.30. The maximum Gasteiger partial charge on any atom is 0.227 e. The molecule has 1 aliphatic heterocycles. The number of rotatable bonds is 3. The molecule has 3 heteroatoms. The number of ether oxygens (including phenoxy) is 1. The molecule has 3 nitrogen and oxygen atoms in total. The van der Waals surface area contributed by atoms with Crippen LogP contribution in [-0.4, -0.2) is 18.6 Å². The van der Waals surface area contributed by atoms with Crippen LogP contribution in [0.25, 0.3) is 0 Å². The lowest BCUT2D eigenvalue weighted by Gasteiger charge is -2.34. The quantitative estimate of drug-likeness (QED) is 0.835. The van der Waals surface area contributed by atoms with Crippen LogP contribution in [-0.2, 0) is 4.79 Å². The summed E-state index contributed by atoms with van der Waals surface area (Å²) in [6.45, 7) is 2.69. The van der Waals surface area contributed by atoms with Gasteiger partial charge < -0.3 is 9.64 Å². The van der Waals surface area contributed by atoms with Crippen molar-refractivity contribution in [3.63, 3.8) is 0 Å². The number of anilines is 1. The van der Waals surface area contributed by atoms with Gasteiger partial charge in [0.25, 0.3) is 0 Å². The number of benzene rings is 1. The number of hydrogen-bond acceptors (Lipinski definition) is 2. The Labute approximate surface area is 127 Å². The number of amides is 1. The lowest BCUT2D eigenvalue weighted by Crippen LogP contribution is -2.42. The van der Waals surface area contributed by atoms with Crippen molar-refractivity contribution in [2.45, 2.75) is 58.0 Å². The van der Waals surface area contributed by atoms with Crippen molar-refractivity contribution in [1.29, 1.82) is 0 Å². The van der Waals surface area contributed by atoms with E-state index in [1.165, 1.54) is 32.1 Å². The van der Waals surface area contributed by atoms with Gasteiger partial charge in [-0.1, -0.05) is 44.2 Å². The number of nitrogens with zero attached hydrogens (tertiary/aromatic N) is 1. The molecule has 0 saturated heterocycles. The molecule has 21 heavy (non-hydrogen) atoms. The minimum absolute atomic E-state index is 0.0681. The number of hydrogen-bond donors (Lipinski definition) is 0. The molecular formula is C18H25NO2. The van der Waals surface area contributed by atoms with E-state index in [1.807, 2.05) is 36.1 Å². The van der Waals surface area contributed by atoms with Gasteiger partial charge in [-0.15, -0.1) is 0 Å². The normalized spacial score (nSPS) is 22.5. The van der Waals surface area contributed by atoms with Crippen molar-refractivity contribution in [2.24, 2.45) is 5.92 Å². The summed E-state index contributed by atoms with van der Waals surface area (Å²) in [5.41, 5.74) is 0.934. The van der Waals surface area contributed by atoms with E-state index in [9.17, 15) is 4.79 Å². The summed E-state index contributed by atoms with van der Waals surface area (Å²) in [6.07, 6.45) is 8.47. The van der Waals surface area contributed by atoms with Crippen LogP contribution in [0.1, 0.15) is 51.9 Å². The van der Waals surface area contributed by atoms with Gasteiger partial charge in [0.1, 0.15) is 11.9 Å². The minimum atomic E-state index is 0.0681. The summed E-state index contributed by atoms with van der Waals surface area (Å²) in [6, 6.07) is 7.87. The highest BCUT2D eigenvalue weighted by molar-refractivity contribution is 5.95. The number of carbonyl (C=O) groups excluding carboxylic acids is 1. The molecule has 1 atom stereocenters. The van der Waals surface area contributed by atoms with Crippen LogP contribution >= 0.6 is 0 Å². The molecule has 1 saturated carbocycles. The fourth-order valence-electron chi connectivity index (χ4n) is 3.56. The van der Waals surface area contributed by atoms with E-state index in [2.05, 4.69) is 0 Å². The van der Waals surface area contributed by atoms with Gasteiger partial charge >= 0.3 is 0 Å². The van der Waals surface area contributed by atoms with Crippen molar-refractivity contribution in [3.8, 4) is 5.75 Å². The summed E-state index contributed by atoms with van der Waals surface area (Å²) >= 11 is 0. The van der Waals surface area contributed by atoms with Crippen LogP contribution in [0, 0.1) is 5.92 Å². The lowest BCUT2D eigenvalue weighted by molar-refractivity contribution is -0.119. The average Bonchev–Trinajstić information content (AvgIpc) is 2.52. The Morgan fingerprint density at radius 3 is 2.81 bits per heavy atom. The molecular weight excluding hydrogens is 262 g/mol. The van der Waals surface area contributed by atoms with Gasteiger partial charge in [-0.3, -0.25) is 4.79 Å². The minimum Gasteiger partial charge on any atom is -0.487 e. The Balaban J connectivity index is 1.64. The number of carbonyl (C=O) groups is 1. The number of fused-ring (bicyclic) bond motifs is 1. The average molecular weight is 287 g/mol. The molecule has 1 heterocycles. The van der Waals surface area contributed by atoms with Crippen molar-refractivity contribution in [1.82, 2.24) is 0 Å². The van der Waals surface area contributed by atoms with E-state index in [1.54, 1.807) is 0 Å². The maximum absolute atomic E-state index is 12.6. The van der Waals surface area contributed by atoms with E-state index < -0.39 is 0 Å². The SMILES string of the molecule is CC1CN(C(=O)CCC2CCCCC2)c2ccccc2O1. The zero-order valence-electron chi connectivity index (χ0n) is 12.9. The van der Waals surface area contributed by atoms with Crippen molar-refractivity contribution >= 4 is 11.6 Å². The van der Waals surface area contributed by atoms with Crippen LogP contribution < -0.4 is 9.64 Å². The smallest absolute Gasteiger partial charge is 0.227 e. The Hall–Kier alpha value is -1.51. The maximum atomic E-state index is 12.6. The van der Waals surface area contributed by atoms with Crippen LogP contribution in [0.2, 0.25) is 0 Å². The van der Waals surface area contributed by atoms with Crippen LogP contribution in [0.4, 0.5) is 5.69 Å². The standard InChI is InChI=1S/C18H25NO2/c1-14-13-19(16-9-5-6-10-17(16)21-14)18(20)12-11-15-7-3-2-4-8-15/h5-6,9-10,14-15H,2-4,7-8,11-13H2,1H3. The van der Waals surface area contributed by atoms with E-state index in [0.29, 0.717) is 13.0 Å². The van der Waals surface area contributed by atoms with E-state index in [4.69, 9.17) is 4.74 Å². The second kappa shape index (κ2) is 6.50. The summed E-state index contributed by atoms with van der Waals surface area (Å²) in [5.74, 6) is 1.85. The first kappa shape index (κ1) is 14.4. The monoisotopic (exact) mass is 287 g/mol. The third-order valence-electron chi connectivity index (χ3n) is 4.72. The molecule has 0 spiro atoms. The highest BCUT2D eigenvalue weighted by atomic mass is 16.5. The lowest BCUT2D eigenvalue weighted by atomic mass is 9.86. The van der Waals surface area contributed by atoms with E-state index in [0.717, 1.165) is 23.8 Å². The molecule has 0 aromatic heterocycles. The molecule has 3 rings (SSSR count). The van der Waals surface area contributed by atoms with Gasteiger partial charge in [0.2, 0.25) is 5.91 Å². The molecule has 1 aromatic carbocycles. The number of para-hydroxylation sites is 2. The Bertz CT molecular complexity index is 494. The zero-order valence-corrected chi connectivity index (χ0v) is 12.9. The molecule has 1 unspecified atom stereocenters. The first-order valence-corrected chi connectivity index (χ1v) is 8.30. The van der Waals surface area contributed by atoms with Gasteiger partial charge in [-0.2, -0.15) is 0 Å². The predicted octanol–water partition coefficient (Wildman–Crippen LogP) is 4.16. The predicted molar refractivity (Wildman–Crippen MR) is 84.7 cm³/mol. The zero-order chi connectivity index (χ0) is 14.7. The third-order valence-corrected chi connectivity index (χ3v) is 4.72. The highest BCUT2D eigenvalue weighted by Gasteiger charge is 2.27. The van der Waals surface area contributed by atoms with Crippen molar-refractivity contribution in [2.75, 3.05) is 11.4 Å². The van der Waals surface area contributed by atoms with Gasteiger partial charge in [-0.25, -0.2) is 0 Å². The summed E-state index contributed by atoms with van der Waals surface area (Å²) in [7, 11) is 0. The highest BCUT2D eigenvalue weighted by Crippen LogP contribution is 2.34. The molecule has 1 aromatic rings. The summed E-state index contributed by atoms with van der Waals surface area (Å²) < 4.78 is 5.81. The molecule has 2 aliphatic rings. The largest absolute Gasteiger partial charge is 0.487 e. The van der Waals surface area contributed by atoms with Gasteiger partial charge in [0.05, 0.1) is 12.2 Å². The molecule has 114 valence electrons. The van der Waals surface area contributed by atoms with Crippen LogP contribution in [0.3, 0.4) is 0 Å². The van der Waals surface area contributed by atoms with Crippen molar-refractivity contribution in [3.05, 3.63) is 24.3 Å². The van der Waals surface area contributed by atoms with Gasteiger partial charge in [0, 0.05) is 6.42 Å². The molecule has 1 fully saturated rings. The van der Waals surface area contributed by atoms with Gasteiger partial charge in [-0.05, 0) is 31.4 Å².